The molecule has 1 N–H and O–H groups in total. The standard InChI is InChI=1S/C26H25N3O4/c1-2-29(16-24-27-23-11-7-6-10-22(23)26(31)28-24)25(30)18-33-21-14-12-20(13-15-21)32-17-19-8-4-3-5-9-19/h3-15H,2,16-18H2,1H3,(H,27,28,31). The Kier molecular flexibility index (Phi) is 6.99. The number of rotatable bonds is 9. The topological polar surface area (TPSA) is 84.5 Å². The molecule has 0 spiro atoms. The van der Waals surface area contributed by atoms with Crippen LogP contribution in [0.15, 0.2) is 83.7 Å². The highest BCUT2D eigenvalue weighted by molar-refractivity contribution is 5.78. The lowest BCUT2D eigenvalue weighted by molar-refractivity contribution is -0.133. The SMILES string of the molecule is CCN(Cc1nc2ccccc2c(=O)[nH]1)C(=O)COc1ccc(OCc2ccccc2)cc1. The van der Waals surface area contributed by atoms with Crippen molar-refractivity contribution >= 4 is 16.8 Å². The van der Waals surface area contributed by atoms with Gasteiger partial charge in [0.05, 0.1) is 17.4 Å². The van der Waals surface area contributed by atoms with Gasteiger partial charge in [0, 0.05) is 6.54 Å². The Morgan fingerprint density at radius 2 is 1.58 bits per heavy atom. The van der Waals surface area contributed by atoms with Crippen molar-refractivity contribution in [2.45, 2.75) is 20.1 Å². The van der Waals surface area contributed by atoms with E-state index in [9.17, 15) is 9.59 Å². The van der Waals surface area contributed by atoms with Gasteiger partial charge in [-0.05, 0) is 48.9 Å². The van der Waals surface area contributed by atoms with Crippen molar-refractivity contribution in [1.29, 1.82) is 0 Å². The number of amides is 1. The first kappa shape index (κ1) is 22.1. The van der Waals surface area contributed by atoms with Gasteiger partial charge in [-0.2, -0.15) is 0 Å². The van der Waals surface area contributed by atoms with E-state index < -0.39 is 0 Å². The van der Waals surface area contributed by atoms with Crippen molar-refractivity contribution in [1.82, 2.24) is 14.9 Å². The molecule has 1 heterocycles. The number of hydrogen-bond acceptors (Lipinski definition) is 5. The summed E-state index contributed by atoms with van der Waals surface area (Å²) in [6.45, 7) is 2.90. The van der Waals surface area contributed by atoms with Gasteiger partial charge >= 0.3 is 0 Å². The highest BCUT2D eigenvalue weighted by Crippen LogP contribution is 2.19. The van der Waals surface area contributed by atoms with Crippen LogP contribution in [0, 0.1) is 0 Å². The number of nitrogens with zero attached hydrogens (tertiary/aromatic N) is 2. The minimum Gasteiger partial charge on any atom is -0.489 e. The third-order valence-corrected chi connectivity index (χ3v) is 5.17. The number of fused-ring (bicyclic) bond motifs is 1. The number of hydrogen-bond donors (Lipinski definition) is 1. The molecule has 1 aromatic heterocycles. The number of nitrogens with one attached hydrogen (secondary N) is 1. The Hall–Kier alpha value is -4.13. The molecule has 7 heteroatoms. The van der Waals surface area contributed by atoms with E-state index in [1.165, 1.54) is 0 Å². The highest BCUT2D eigenvalue weighted by atomic mass is 16.5. The summed E-state index contributed by atoms with van der Waals surface area (Å²) in [6.07, 6.45) is 0. The summed E-state index contributed by atoms with van der Waals surface area (Å²) in [5.41, 5.74) is 1.47. The van der Waals surface area contributed by atoms with Gasteiger partial charge in [-0.3, -0.25) is 9.59 Å². The van der Waals surface area contributed by atoms with Gasteiger partial charge < -0.3 is 19.4 Å². The first-order valence-corrected chi connectivity index (χ1v) is 10.8. The lowest BCUT2D eigenvalue weighted by Gasteiger charge is -2.20. The second kappa shape index (κ2) is 10.5. The summed E-state index contributed by atoms with van der Waals surface area (Å²) < 4.78 is 11.4. The lowest BCUT2D eigenvalue weighted by Crippen LogP contribution is -2.35. The van der Waals surface area contributed by atoms with Crippen LogP contribution in [-0.2, 0) is 17.9 Å². The molecular weight excluding hydrogens is 418 g/mol. The zero-order chi connectivity index (χ0) is 23.0. The molecule has 0 unspecified atom stereocenters. The Morgan fingerprint density at radius 1 is 0.909 bits per heavy atom. The summed E-state index contributed by atoms with van der Waals surface area (Å²) in [6, 6.07) is 24.2. The number of H-pyrrole nitrogens is 1. The molecule has 7 nitrogen and oxygen atoms in total. The third-order valence-electron chi connectivity index (χ3n) is 5.17. The number of para-hydroxylation sites is 1. The van der Waals surface area contributed by atoms with Gasteiger partial charge in [0.2, 0.25) is 0 Å². The van der Waals surface area contributed by atoms with E-state index in [-0.39, 0.29) is 24.6 Å². The van der Waals surface area contributed by atoms with Crippen LogP contribution in [0.4, 0.5) is 0 Å². The van der Waals surface area contributed by atoms with E-state index in [1.54, 1.807) is 35.2 Å². The van der Waals surface area contributed by atoms with Crippen LogP contribution in [0.5, 0.6) is 11.5 Å². The molecule has 0 saturated carbocycles. The van der Waals surface area contributed by atoms with Crippen LogP contribution in [0.25, 0.3) is 10.9 Å². The van der Waals surface area contributed by atoms with Crippen molar-refractivity contribution in [3.05, 3.63) is 101 Å². The van der Waals surface area contributed by atoms with Gasteiger partial charge in [-0.1, -0.05) is 42.5 Å². The van der Waals surface area contributed by atoms with Crippen LogP contribution >= 0.6 is 0 Å². The molecule has 168 valence electrons. The summed E-state index contributed by atoms with van der Waals surface area (Å²) in [4.78, 5) is 33.8. The highest BCUT2D eigenvalue weighted by Gasteiger charge is 2.15. The number of aromatic nitrogens is 2. The molecule has 0 atom stereocenters. The van der Waals surface area contributed by atoms with Gasteiger partial charge in [0.15, 0.2) is 6.61 Å². The number of benzene rings is 3. The Labute approximate surface area is 191 Å². The normalized spacial score (nSPS) is 10.7. The predicted molar refractivity (Wildman–Crippen MR) is 126 cm³/mol. The maximum absolute atomic E-state index is 12.7. The van der Waals surface area contributed by atoms with E-state index in [0.29, 0.717) is 35.6 Å². The maximum atomic E-state index is 12.7. The first-order valence-electron chi connectivity index (χ1n) is 10.8. The van der Waals surface area contributed by atoms with E-state index in [2.05, 4.69) is 9.97 Å². The monoisotopic (exact) mass is 443 g/mol. The van der Waals surface area contributed by atoms with Gasteiger partial charge in [-0.15, -0.1) is 0 Å². The van der Waals surface area contributed by atoms with Crippen molar-refractivity contribution in [3.63, 3.8) is 0 Å². The summed E-state index contributed by atoms with van der Waals surface area (Å²) in [7, 11) is 0. The van der Waals surface area contributed by atoms with Crippen LogP contribution < -0.4 is 15.0 Å². The van der Waals surface area contributed by atoms with Gasteiger partial charge in [-0.25, -0.2) is 4.98 Å². The van der Waals surface area contributed by atoms with Crippen molar-refractivity contribution in [3.8, 4) is 11.5 Å². The fourth-order valence-corrected chi connectivity index (χ4v) is 3.38. The smallest absolute Gasteiger partial charge is 0.260 e. The minimum atomic E-state index is -0.218. The molecule has 0 aliphatic rings. The van der Waals surface area contributed by atoms with Crippen molar-refractivity contribution < 1.29 is 14.3 Å². The fraction of sp³-hybridized carbons (Fsp3) is 0.192. The summed E-state index contributed by atoms with van der Waals surface area (Å²) >= 11 is 0. The maximum Gasteiger partial charge on any atom is 0.260 e. The van der Waals surface area contributed by atoms with Crippen molar-refractivity contribution in [2.75, 3.05) is 13.2 Å². The first-order chi connectivity index (χ1) is 16.1. The Morgan fingerprint density at radius 3 is 2.30 bits per heavy atom. The zero-order valence-corrected chi connectivity index (χ0v) is 18.4. The summed E-state index contributed by atoms with van der Waals surface area (Å²) in [5.74, 6) is 1.54. The molecule has 0 radical (unpaired) electrons. The molecule has 0 saturated heterocycles. The molecule has 0 aliphatic heterocycles. The van der Waals surface area contributed by atoms with Crippen molar-refractivity contribution in [2.24, 2.45) is 0 Å². The number of carbonyl (C=O) groups excluding carboxylic acids is 1. The quantitative estimate of drug-likeness (QED) is 0.424. The number of carbonyl (C=O) groups is 1. The minimum absolute atomic E-state index is 0.115. The molecule has 4 rings (SSSR count). The molecule has 0 bridgehead atoms. The molecule has 1 amide bonds. The molecule has 0 fully saturated rings. The second-order valence-electron chi connectivity index (χ2n) is 7.47. The van der Waals surface area contributed by atoms with E-state index in [4.69, 9.17) is 9.47 Å². The summed E-state index contributed by atoms with van der Waals surface area (Å²) in [5, 5.41) is 0.523. The van der Waals surface area contributed by atoms with E-state index in [0.717, 1.165) is 11.3 Å². The second-order valence-corrected chi connectivity index (χ2v) is 7.47. The molecule has 0 aliphatic carbocycles. The molecular formula is C26H25N3O4. The zero-order valence-electron chi connectivity index (χ0n) is 18.4. The average molecular weight is 444 g/mol. The van der Waals surface area contributed by atoms with E-state index in [1.807, 2.05) is 55.5 Å². The largest absolute Gasteiger partial charge is 0.489 e. The Balaban J connectivity index is 1.32. The number of aromatic amines is 1. The fourth-order valence-electron chi connectivity index (χ4n) is 3.38. The predicted octanol–water partition coefficient (Wildman–Crippen LogP) is 3.93. The molecule has 4 aromatic rings. The molecule has 33 heavy (non-hydrogen) atoms. The number of ether oxygens (including phenoxy) is 2. The van der Waals surface area contributed by atoms with Crippen LogP contribution in [0.1, 0.15) is 18.3 Å². The molecule has 3 aromatic carbocycles. The van der Waals surface area contributed by atoms with Crippen LogP contribution in [-0.4, -0.2) is 33.9 Å². The Bertz CT molecular complexity index is 1270. The van der Waals surface area contributed by atoms with Crippen LogP contribution in [0.3, 0.4) is 0 Å². The third kappa shape index (κ3) is 5.77. The van der Waals surface area contributed by atoms with Gasteiger partial charge in [0.1, 0.15) is 23.9 Å². The lowest BCUT2D eigenvalue weighted by atomic mass is 10.2. The van der Waals surface area contributed by atoms with Gasteiger partial charge in [0.25, 0.3) is 11.5 Å². The average Bonchev–Trinajstić information content (AvgIpc) is 2.86. The van der Waals surface area contributed by atoms with E-state index >= 15 is 0 Å². The van der Waals surface area contributed by atoms with Crippen LogP contribution in [0.2, 0.25) is 0 Å². The number of likely N-dealkylation sites (N-methyl/N-ethyl adjacent to an activating group) is 1.